The summed E-state index contributed by atoms with van der Waals surface area (Å²) in [4.78, 5) is 24.5. The van der Waals surface area contributed by atoms with Crippen LogP contribution in [0.25, 0.3) is 0 Å². The number of hydrogen-bond donors (Lipinski definition) is 1. The molecule has 0 saturated heterocycles. The molecule has 0 fully saturated rings. The number of carbonyl (C=O) groups is 2. The van der Waals surface area contributed by atoms with Crippen LogP contribution in [0.3, 0.4) is 0 Å². The van der Waals surface area contributed by atoms with Crippen LogP contribution in [0.2, 0.25) is 0 Å². The van der Waals surface area contributed by atoms with E-state index in [1.165, 1.54) is 22.3 Å². The predicted octanol–water partition coefficient (Wildman–Crippen LogP) is 3.18. The Labute approximate surface area is 154 Å². The van der Waals surface area contributed by atoms with E-state index in [0.29, 0.717) is 6.61 Å². The molecule has 0 radical (unpaired) electrons. The lowest BCUT2D eigenvalue weighted by Crippen LogP contribution is -2.35. The first-order valence-corrected chi connectivity index (χ1v) is 9.52. The van der Waals surface area contributed by atoms with Crippen molar-refractivity contribution in [3.8, 4) is 0 Å². The van der Waals surface area contributed by atoms with Gasteiger partial charge in [0.1, 0.15) is 0 Å². The lowest BCUT2D eigenvalue weighted by atomic mass is 9.99. The maximum absolute atomic E-state index is 12.5. The van der Waals surface area contributed by atoms with E-state index in [2.05, 4.69) is 11.4 Å². The molecule has 1 atom stereocenters. The second kappa shape index (κ2) is 8.54. The number of hydrogen-bond acceptors (Lipinski definition) is 5. The summed E-state index contributed by atoms with van der Waals surface area (Å²) in [7, 11) is 0. The summed E-state index contributed by atoms with van der Waals surface area (Å²) in [5.74, 6) is -0.584. The summed E-state index contributed by atoms with van der Waals surface area (Å²) < 4.78 is 15.6. The molecule has 0 saturated carbocycles. The van der Waals surface area contributed by atoms with Crippen LogP contribution < -0.4 is 5.32 Å². The fourth-order valence-electron chi connectivity index (χ4n) is 3.84. The van der Waals surface area contributed by atoms with Crippen LogP contribution in [0.15, 0.2) is 6.07 Å². The Morgan fingerprint density at radius 3 is 2.27 bits per heavy atom. The molecule has 6 nitrogen and oxygen atoms in total. The van der Waals surface area contributed by atoms with E-state index in [0.717, 1.165) is 44.2 Å². The van der Waals surface area contributed by atoms with Crippen LogP contribution in [0.4, 0.5) is 10.5 Å². The van der Waals surface area contributed by atoms with Gasteiger partial charge in [-0.05, 0) is 74.6 Å². The van der Waals surface area contributed by atoms with Gasteiger partial charge in [-0.25, -0.2) is 9.59 Å². The van der Waals surface area contributed by atoms with Crippen LogP contribution in [0.1, 0.15) is 48.9 Å². The number of esters is 1. The molecule has 0 aliphatic heterocycles. The quantitative estimate of drug-likeness (QED) is 0.755. The molecule has 0 heterocycles. The molecule has 2 aliphatic rings. The van der Waals surface area contributed by atoms with Crippen LogP contribution >= 0.6 is 0 Å². The molecule has 2 aliphatic carbocycles. The summed E-state index contributed by atoms with van der Waals surface area (Å²) in [6.07, 6.45) is 4.59. The SMILES string of the molecule is CCOCC(OC(=O)Nc1c2c(cc3c1CCC3)CCC2)C(=O)OCC. The van der Waals surface area contributed by atoms with Crippen molar-refractivity contribution in [2.24, 2.45) is 0 Å². The van der Waals surface area contributed by atoms with E-state index in [-0.39, 0.29) is 13.2 Å². The zero-order valence-electron chi connectivity index (χ0n) is 15.6. The molecule has 0 aromatic heterocycles. The number of rotatable bonds is 7. The van der Waals surface area contributed by atoms with Gasteiger partial charge in [0.2, 0.25) is 6.10 Å². The van der Waals surface area contributed by atoms with Gasteiger partial charge in [-0.15, -0.1) is 0 Å². The lowest BCUT2D eigenvalue weighted by molar-refractivity contribution is -0.156. The summed E-state index contributed by atoms with van der Waals surface area (Å²) in [5.41, 5.74) is 6.01. The Kier molecular flexibility index (Phi) is 6.14. The predicted molar refractivity (Wildman–Crippen MR) is 97.5 cm³/mol. The number of ether oxygens (including phenoxy) is 3. The number of anilines is 1. The largest absolute Gasteiger partial charge is 0.463 e. The van der Waals surface area contributed by atoms with E-state index >= 15 is 0 Å². The third-order valence-electron chi connectivity index (χ3n) is 4.97. The normalized spacial score (nSPS) is 15.9. The fraction of sp³-hybridized carbons (Fsp3) is 0.600. The van der Waals surface area contributed by atoms with Gasteiger partial charge < -0.3 is 14.2 Å². The first-order valence-electron chi connectivity index (χ1n) is 9.52. The van der Waals surface area contributed by atoms with Gasteiger partial charge in [0, 0.05) is 6.61 Å². The van der Waals surface area contributed by atoms with Gasteiger partial charge in [0.25, 0.3) is 0 Å². The summed E-state index contributed by atoms with van der Waals surface area (Å²) in [5, 5.41) is 2.92. The monoisotopic (exact) mass is 361 g/mol. The van der Waals surface area contributed by atoms with Crippen molar-refractivity contribution in [3.05, 3.63) is 28.3 Å². The van der Waals surface area contributed by atoms with Crippen molar-refractivity contribution in [1.82, 2.24) is 0 Å². The van der Waals surface area contributed by atoms with Crippen molar-refractivity contribution < 1.29 is 23.8 Å². The van der Waals surface area contributed by atoms with Crippen molar-refractivity contribution in [1.29, 1.82) is 0 Å². The summed E-state index contributed by atoms with van der Waals surface area (Å²) in [6, 6.07) is 2.30. The number of nitrogens with one attached hydrogen (secondary N) is 1. The zero-order valence-corrected chi connectivity index (χ0v) is 15.6. The highest BCUT2D eigenvalue weighted by molar-refractivity contribution is 5.90. The van der Waals surface area contributed by atoms with Crippen molar-refractivity contribution >= 4 is 17.7 Å². The Morgan fingerprint density at radius 1 is 1.04 bits per heavy atom. The average molecular weight is 361 g/mol. The topological polar surface area (TPSA) is 73.9 Å². The fourth-order valence-corrected chi connectivity index (χ4v) is 3.84. The summed E-state index contributed by atoms with van der Waals surface area (Å²) in [6.45, 7) is 4.19. The van der Waals surface area contributed by atoms with Gasteiger partial charge in [0.15, 0.2) is 0 Å². The molecule has 1 aromatic carbocycles. The third-order valence-corrected chi connectivity index (χ3v) is 4.97. The van der Waals surface area contributed by atoms with E-state index in [1.807, 2.05) is 6.92 Å². The van der Waals surface area contributed by atoms with Crippen LogP contribution in [-0.2, 0) is 44.7 Å². The summed E-state index contributed by atoms with van der Waals surface area (Å²) >= 11 is 0. The molecule has 0 spiro atoms. The first-order chi connectivity index (χ1) is 12.6. The second-order valence-electron chi connectivity index (χ2n) is 6.66. The molecule has 1 amide bonds. The number of amides is 1. The van der Waals surface area contributed by atoms with Crippen LogP contribution in [-0.4, -0.2) is 38.0 Å². The van der Waals surface area contributed by atoms with Gasteiger partial charge in [-0.2, -0.15) is 0 Å². The molecule has 1 aromatic rings. The Morgan fingerprint density at radius 2 is 1.69 bits per heavy atom. The zero-order chi connectivity index (χ0) is 18.5. The van der Waals surface area contributed by atoms with Gasteiger partial charge in [-0.3, -0.25) is 5.32 Å². The molecular weight excluding hydrogens is 334 g/mol. The van der Waals surface area contributed by atoms with Crippen molar-refractivity contribution in [2.45, 2.75) is 58.5 Å². The molecule has 0 bridgehead atoms. The van der Waals surface area contributed by atoms with E-state index in [9.17, 15) is 9.59 Å². The molecule has 26 heavy (non-hydrogen) atoms. The van der Waals surface area contributed by atoms with Gasteiger partial charge >= 0.3 is 12.1 Å². The Balaban J connectivity index is 1.74. The molecule has 142 valence electrons. The number of aryl methyl sites for hydroxylation is 2. The number of benzene rings is 1. The number of fused-ring (bicyclic) bond motifs is 2. The standard InChI is InChI=1S/C20H27NO5/c1-3-24-12-17(19(22)25-4-2)26-20(23)21-18-15-9-5-7-13(15)11-14-8-6-10-16(14)18/h11,17H,3-10,12H2,1-2H3,(H,21,23). The average Bonchev–Trinajstić information content (AvgIpc) is 3.27. The lowest BCUT2D eigenvalue weighted by Gasteiger charge is -2.19. The van der Waals surface area contributed by atoms with Crippen molar-refractivity contribution in [2.75, 3.05) is 25.1 Å². The molecule has 3 rings (SSSR count). The third kappa shape index (κ3) is 4.01. The van der Waals surface area contributed by atoms with E-state index < -0.39 is 18.2 Å². The highest BCUT2D eigenvalue weighted by Gasteiger charge is 2.28. The highest BCUT2D eigenvalue weighted by Crippen LogP contribution is 2.38. The number of carbonyl (C=O) groups excluding carboxylic acids is 2. The minimum Gasteiger partial charge on any atom is -0.463 e. The molecule has 1 unspecified atom stereocenters. The van der Waals surface area contributed by atoms with Crippen LogP contribution in [0.5, 0.6) is 0 Å². The minimum atomic E-state index is -1.06. The highest BCUT2D eigenvalue weighted by atomic mass is 16.6. The molecular formula is C20H27NO5. The van der Waals surface area contributed by atoms with E-state index in [4.69, 9.17) is 14.2 Å². The van der Waals surface area contributed by atoms with Gasteiger partial charge in [-0.1, -0.05) is 6.07 Å². The second-order valence-corrected chi connectivity index (χ2v) is 6.66. The molecule has 6 heteroatoms. The first kappa shape index (κ1) is 18.7. The maximum atomic E-state index is 12.5. The van der Waals surface area contributed by atoms with E-state index in [1.54, 1.807) is 6.92 Å². The smallest absolute Gasteiger partial charge is 0.412 e. The minimum absolute atomic E-state index is 0.00619. The Bertz CT molecular complexity index is 653. The van der Waals surface area contributed by atoms with Gasteiger partial charge in [0.05, 0.1) is 18.9 Å². The Hall–Kier alpha value is -2.08. The van der Waals surface area contributed by atoms with Crippen LogP contribution in [0, 0.1) is 0 Å². The molecule has 1 N–H and O–H groups in total. The maximum Gasteiger partial charge on any atom is 0.412 e. The van der Waals surface area contributed by atoms with Crippen molar-refractivity contribution in [3.63, 3.8) is 0 Å².